The van der Waals surface area contributed by atoms with Crippen LogP contribution in [0.2, 0.25) is 0 Å². The van der Waals surface area contributed by atoms with Crippen molar-refractivity contribution in [3.05, 3.63) is 42.0 Å². The van der Waals surface area contributed by atoms with Crippen molar-refractivity contribution in [2.75, 3.05) is 11.5 Å². The molecule has 1 spiro atoms. The highest BCUT2D eigenvalue weighted by Gasteiger charge is 2.52. The Bertz CT molecular complexity index is 799. The van der Waals surface area contributed by atoms with E-state index in [0.717, 1.165) is 5.75 Å². The number of hydrogen-bond donors (Lipinski definition) is 1. The molecule has 124 valence electrons. The van der Waals surface area contributed by atoms with Gasteiger partial charge in [0.25, 0.3) is 5.91 Å². The van der Waals surface area contributed by atoms with E-state index in [0.29, 0.717) is 29.3 Å². The Morgan fingerprint density at radius 3 is 2.83 bits per heavy atom. The lowest BCUT2D eigenvalue weighted by Gasteiger charge is -2.18. The minimum absolute atomic E-state index is 0.0573. The molecule has 2 aromatic rings. The third-order valence-electron chi connectivity index (χ3n) is 4.23. The lowest BCUT2D eigenvalue weighted by molar-refractivity contribution is -0.130. The van der Waals surface area contributed by atoms with Crippen molar-refractivity contribution in [2.45, 2.75) is 18.5 Å². The highest BCUT2D eigenvalue weighted by molar-refractivity contribution is 7.99. The zero-order valence-electron chi connectivity index (χ0n) is 12.6. The molecule has 3 amide bonds. The molecule has 2 fully saturated rings. The number of hydrogen-bond acceptors (Lipinski definition) is 5. The maximum Gasteiger partial charge on any atom is 0.325 e. The number of carbonyl (C=O) groups excluding carboxylic acids is 2. The molecule has 1 atom stereocenters. The van der Waals surface area contributed by atoms with Crippen LogP contribution in [-0.4, -0.2) is 38.9 Å². The van der Waals surface area contributed by atoms with E-state index in [1.54, 1.807) is 23.9 Å². The van der Waals surface area contributed by atoms with E-state index in [2.05, 4.69) is 10.3 Å². The quantitative estimate of drug-likeness (QED) is 0.863. The number of thioether (sulfide) groups is 1. The van der Waals surface area contributed by atoms with Gasteiger partial charge in [-0.15, -0.1) is 0 Å². The second-order valence-electron chi connectivity index (χ2n) is 5.86. The highest BCUT2D eigenvalue weighted by atomic mass is 32.2. The molecule has 0 aliphatic carbocycles. The van der Waals surface area contributed by atoms with Crippen LogP contribution >= 0.6 is 11.8 Å². The predicted molar refractivity (Wildman–Crippen MR) is 85.7 cm³/mol. The lowest BCUT2D eigenvalue weighted by atomic mass is 9.99. The Hall–Kier alpha value is -2.35. The Morgan fingerprint density at radius 1 is 1.33 bits per heavy atom. The van der Waals surface area contributed by atoms with Crippen LogP contribution < -0.4 is 5.32 Å². The number of nitrogens with one attached hydrogen (secondary N) is 1. The molecule has 3 heterocycles. The van der Waals surface area contributed by atoms with E-state index in [1.807, 2.05) is 0 Å². The van der Waals surface area contributed by atoms with Crippen molar-refractivity contribution in [1.29, 1.82) is 0 Å². The average molecular weight is 347 g/mol. The van der Waals surface area contributed by atoms with Gasteiger partial charge in [-0.2, -0.15) is 11.8 Å². The van der Waals surface area contributed by atoms with Crippen LogP contribution in [0.3, 0.4) is 0 Å². The Morgan fingerprint density at radius 2 is 2.12 bits per heavy atom. The maximum atomic E-state index is 13.0. The fourth-order valence-corrected chi connectivity index (χ4v) is 4.24. The molecular formula is C16H14FN3O3S. The predicted octanol–water partition coefficient (Wildman–Crippen LogP) is 2.41. The molecule has 2 aliphatic rings. The van der Waals surface area contributed by atoms with Gasteiger partial charge in [0, 0.05) is 11.3 Å². The van der Waals surface area contributed by atoms with Gasteiger partial charge in [-0.25, -0.2) is 14.2 Å². The molecule has 8 heteroatoms. The van der Waals surface area contributed by atoms with Gasteiger partial charge in [-0.3, -0.25) is 9.69 Å². The average Bonchev–Trinajstić information content (AvgIpc) is 3.27. The molecule has 4 rings (SSSR count). The Balaban J connectivity index is 1.53. The largest absolute Gasteiger partial charge is 0.444 e. The summed E-state index contributed by atoms with van der Waals surface area (Å²) in [5, 5.41) is 2.81. The number of urea groups is 1. The summed E-state index contributed by atoms with van der Waals surface area (Å²) in [4.78, 5) is 30.2. The fraction of sp³-hybridized carbons (Fsp3) is 0.312. The summed E-state index contributed by atoms with van der Waals surface area (Å²) in [5.41, 5.74) is 0.342. The van der Waals surface area contributed by atoms with Crippen LogP contribution in [0.1, 0.15) is 12.1 Å². The number of aromatic nitrogens is 1. The second-order valence-corrected chi connectivity index (χ2v) is 6.96. The molecule has 0 unspecified atom stereocenters. The van der Waals surface area contributed by atoms with E-state index >= 15 is 0 Å². The number of oxazole rings is 1. The summed E-state index contributed by atoms with van der Waals surface area (Å²) in [5.74, 6) is 1.24. The van der Waals surface area contributed by atoms with Crippen LogP contribution in [0.4, 0.5) is 9.18 Å². The topological polar surface area (TPSA) is 75.4 Å². The number of halogens is 1. The monoisotopic (exact) mass is 347 g/mol. The highest BCUT2D eigenvalue weighted by Crippen LogP contribution is 2.34. The number of benzene rings is 1. The Kier molecular flexibility index (Phi) is 3.56. The third kappa shape index (κ3) is 2.47. The molecule has 1 N–H and O–H groups in total. The van der Waals surface area contributed by atoms with Gasteiger partial charge in [-0.05, 0) is 36.4 Å². The summed E-state index contributed by atoms with van der Waals surface area (Å²) < 4.78 is 18.3. The van der Waals surface area contributed by atoms with Crippen molar-refractivity contribution < 1.29 is 18.4 Å². The van der Waals surface area contributed by atoms with Crippen molar-refractivity contribution in [3.8, 4) is 11.5 Å². The fourth-order valence-electron chi connectivity index (χ4n) is 2.92. The van der Waals surface area contributed by atoms with Gasteiger partial charge in [-0.1, -0.05) is 0 Å². The first-order chi connectivity index (χ1) is 11.6. The van der Waals surface area contributed by atoms with E-state index in [1.165, 1.54) is 23.3 Å². The molecule has 1 aromatic heterocycles. The molecule has 1 aromatic carbocycles. The molecule has 0 bridgehead atoms. The van der Waals surface area contributed by atoms with Crippen LogP contribution in [0.25, 0.3) is 11.5 Å². The smallest absolute Gasteiger partial charge is 0.325 e. The van der Waals surface area contributed by atoms with Crippen LogP contribution in [0.15, 0.2) is 34.9 Å². The maximum absolute atomic E-state index is 13.0. The van der Waals surface area contributed by atoms with Crippen molar-refractivity contribution >= 4 is 23.7 Å². The van der Waals surface area contributed by atoms with Crippen molar-refractivity contribution in [3.63, 3.8) is 0 Å². The first-order valence-corrected chi connectivity index (χ1v) is 8.65. The molecule has 2 aliphatic heterocycles. The molecule has 24 heavy (non-hydrogen) atoms. The zero-order valence-corrected chi connectivity index (χ0v) is 13.4. The molecule has 0 saturated carbocycles. The summed E-state index contributed by atoms with van der Waals surface area (Å²) >= 11 is 1.66. The van der Waals surface area contributed by atoms with Gasteiger partial charge < -0.3 is 9.73 Å². The van der Waals surface area contributed by atoms with E-state index in [-0.39, 0.29) is 18.3 Å². The lowest BCUT2D eigenvalue weighted by Crippen LogP contribution is -2.46. The summed E-state index contributed by atoms with van der Waals surface area (Å²) in [7, 11) is 0. The van der Waals surface area contributed by atoms with E-state index in [9.17, 15) is 14.0 Å². The van der Waals surface area contributed by atoms with Gasteiger partial charge in [0.1, 0.15) is 17.6 Å². The number of imide groups is 1. The summed E-state index contributed by atoms with van der Waals surface area (Å²) in [6.07, 6.45) is 2.06. The van der Waals surface area contributed by atoms with Gasteiger partial charge >= 0.3 is 6.03 Å². The number of amides is 3. The summed E-state index contributed by atoms with van der Waals surface area (Å²) in [6.45, 7) is 0.0573. The van der Waals surface area contributed by atoms with Crippen LogP contribution in [0.5, 0.6) is 0 Å². The van der Waals surface area contributed by atoms with E-state index in [4.69, 9.17) is 4.42 Å². The second kappa shape index (κ2) is 5.62. The third-order valence-corrected chi connectivity index (χ3v) is 5.42. The number of rotatable bonds is 3. The van der Waals surface area contributed by atoms with Crippen LogP contribution in [-0.2, 0) is 11.3 Å². The van der Waals surface area contributed by atoms with Gasteiger partial charge in [0.05, 0.1) is 12.2 Å². The van der Waals surface area contributed by atoms with E-state index < -0.39 is 11.6 Å². The minimum Gasteiger partial charge on any atom is -0.444 e. The standard InChI is InChI=1S/C16H14FN3O3S/c17-11-3-1-10(2-4-11)13-18-12(8-23-13)7-20-14(21)16(19-15(20)22)5-6-24-9-16/h1-4,8H,5-7,9H2,(H,19,22)/t16-/m0/s1. The molecular weight excluding hydrogens is 333 g/mol. The Labute approximate surface area is 141 Å². The normalized spacial score (nSPS) is 23.3. The minimum atomic E-state index is -0.759. The number of nitrogens with zero attached hydrogens (tertiary/aromatic N) is 2. The molecule has 0 radical (unpaired) electrons. The number of carbonyl (C=O) groups is 2. The van der Waals surface area contributed by atoms with Crippen molar-refractivity contribution in [1.82, 2.24) is 15.2 Å². The summed E-state index contributed by atoms with van der Waals surface area (Å²) in [6, 6.07) is 5.36. The molecule has 2 saturated heterocycles. The first-order valence-electron chi connectivity index (χ1n) is 7.50. The SMILES string of the molecule is O=C1N[C@]2(CCSC2)C(=O)N1Cc1coc(-c2ccc(F)cc2)n1. The molecule has 6 nitrogen and oxygen atoms in total. The van der Waals surface area contributed by atoms with Crippen molar-refractivity contribution in [2.24, 2.45) is 0 Å². The zero-order chi connectivity index (χ0) is 16.7. The van der Waals surface area contributed by atoms with Crippen LogP contribution in [0, 0.1) is 5.82 Å². The first kappa shape index (κ1) is 15.2. The van der Waals surface area contributed by atoms with Gasteiger partial charge in [0.2, 0.25) is 5.89 Å². The van der Waals surface area contributed by atoms with Gasteiger partial charge in [0.15, 0.2) is 0 Å².